The van der Waals surface area contributed by atoms with Crippen LogP contribution in [0.2, 0.25) is 0 Å². The van der Waals surface area contributed by atoms with Crippen molar-refractivity contribution in [2.24, 2.45) is 0 Å². The molecule has 1 heterocycles. The van der Waals surface area contributed by atoms with Gasteiger partial charge in [0.15, 0.2) is 5.76 Å². The van der Waals surface area contributed by atoms with Crippen molar-refractivity contribution in [2.75, 3.05) is 5.32 Å². The van der Waals surface area contributed by atoms with Crippen molar-refractivity contribution in [3.05, 3.63) is 65.4 Å². The van der Waals surface area contributed by atoms with Crippen LogP contribution in [0.25, 0.3) is 11.0 Å². The highest BCUT2D eigenvalue weighted by atomic mass is 16.3. The number of para-hydroxylation sites is 1. The molecule has 0 unspecified atom stereocenters. The molecule has 3 amide bonds. The predicted octanol–water partition coefficient (Wildman–Crippen LogP) is 2.77. The molecule has 0 aliphatic heterocycles. The molecule has 0 spiro atoms. The van der Waals surface area contributed by atoms with Crippen LogP contribution in [0.15, 0.2) is 52.9 Å². The van der Waals surface area contributed by atoms with Crippen LogP contribution >= 0.6 is 0 Å². The molecule has 0 atom stereocenters. The molecule has 3 rings (SSSR count). The zero-order valence-electron chi connectivity index (χ0n) is 14.3. The van der Waals surface area contributed by atoms with Crippen molar-refractivity contribution in [3.63, 3.8) is 0 Å². The lowest BCUT2D eigenvalue weighted by Gasteiger charge is -2.07. The van der Waals surface area contributed by atoms with E-state index in [1.165, 1.54) is 6.92 Å². The van der Waals surface area contributed by atoms with Gasteiger partial charge in [-0.15, -0.1) is 0 Å². The molecule has 0 fully saturated rings. The minimum atomic E-state index is -0.540. The van der Waals surface area contributed by atoms with Crippen LogP contribution in [0, 0.1) is 6.92 Å². The van der Waals surface area contributed by atoms with Crippen molar-refractivity contribution in [1.82, 2.24) is 10.9 Å². The first kappa shape index (κ1) is 17.2. The summed E-state index contributed by atoms with van der Waals surface area (Å²) in [6.07, 6.45) is 0. The first-order valence-electron chi connectivity index (χ1n) is 7.92. The maximum absolute atomic E-state index is 12.3. The number of hydrazine groups is 1. The van der Waals surface area contributed by atoms with Crippen LogP contribution in [0.5, 0.6) is 0 Å². The van der Waals surface area contributed by atoms with E-state index in [0.717, 1.165) is 5.39 Å². The van der Waals surface area contributed by atoms with E-state index in [4.69, 9.17) is 4.42 Å². The predicted molar refractivity (Wildman–Crippen MR) is 96.6 cm³/mol. The van der Waals surface area contributed by atoms with Crippen molar-refractivity contribution in [3.8, 4) is 0 Å². The standard InChI is InChI=1S/C19H17N3O4/c1-11-15-5-3-4-6-16(15)26-17(11)19(25)22-21-18(24)13-7-9-14(10-8-13)20-12(2)23/h3-10H,1-2H3,(H,20,23)(H,21,24)(H,22,25). The fourth-order valence-electron chi connectivity index (χ4n) is 2.54. The number of carbonyl (C=O) groups excluding carboxylic acids is 3. The van der Waals surface area contributed by atoms with Crippen molar-refractivity contribution in [2.45, 2.75) is 13.8 Å². The first-order chi connectivity index (χ1) is 12.5. The van der Waals surface area contributed by atoms with Crippen LogP contribution in [-0.4, -0.2) is 17.7 Å². The Labute approximate surface area is 149 Å². The van der Waals surface area contributed by atoms with Crippen LogP contribution in [0.4, 0.5) is 5.69 Å². The zero-order chi connectivity index (χ0) is 18.7. The largest absolute Gasteiger partial charge is 0.451 e. The Hall–Kier alpha value is -3.61. The minimum absolute atomic E-state index is 0.146. The fourth-order valence-corrected chi connectivity index (χ4v) is 2.54. The summed E-state index contributed by atoms with van der Waals surface area (Å²) in [4.78, 5) is 35.4. The molecule has 0 aliphatic carbocycles. The summed E-state index contributed by atoms with van der Waals surface area (Å²) in [7, 11) is 0. The normalized spacial score (nSPS) is 10.4. The highest BCUT2D eigenvalue weighted by Crippen LogP contribution is 2.24. The number of carbonyl (C=O) groups is 3. The van der Waals surface area contributed by atoms with Gasteiger partial charge < -0.3 is 9.73 Å². The summed E-state index contributed by atoms with van der Waals surface area (Å²) in [5, 5.41) is 3.45. The number of rotatable bonds is 3. The highest BCUT2D eigenvalue weighted by molar-refractivity contribution is 6.01. The maximum Gasteiger partial charge on any atom is 0.305 e. The lowest BCUT2D eigenvalue weighted by molar-refractivity contribution is -0.114. The van der Waals surface area contributed by atoms with Gasteiger partial charge in [-0.3, -0.25) is 25.2 Å². The van der Waals surface area contributed by atoms with Crippen molar-refractivity contribution in [1.29, 1.82) is 0 Å². The number of benzene rings is 2. The Morgan fingerprint density at radius 2 is 1.54 bits per heavy atom. The molecule has 132 valence electrons. The lowest BCUT2D eigenvalue weighted by atomic mass is 10.1. The first-order valence-corrected chi connectivity index (χ1v) is 7.92. The Kier molecular flexibility index (Phi) is 4.70. The quantitative estimate of drug-likeness (QED) is 0.632. The Morgan fingerprint density at radius 3 is 2.19 bits per heavy atom. The van der Waals surface area contributed by atoms with E-state index < -0.39 is 11.8 Å². The Balaban J connectivity index is 1.66. The van der Waals surface area contributed by atoms with Gasteiger partial charge in [-0.25, -0.2) is 0 Å². The number of aryl methyl sites for hydroxylation is 1. The number of hydrogen-bond acceptors (Lipinski definition) is 4. The summed E-state index contributed by atoms with van der Waals surface area (Å²) in [6.45, 7) is 3.18. The molecule has 1 aromatic heterocycles. The van der Waals surface area contributed by atoms with Gasteiger partial charge >= 0.3 is 5.91 Å². The molecule has 0 bridgehead atoms. The lowest BCUT2D eigenvalue weighted by Crippen LogP contribution is -2.41. The van der Waals surface area contributed by atoms with Gasteiger partial charge in [0.05, 0.1) is 0 Å². The van der Waals surface area contributed by atoms with E-state index in [0.29, 0.717) is 22.4 Å². The smallest absolute Gasteiger partial charge is 0.305 e. The van der Waals surface area contributed by atoms with E-state index >= 15 is 0 Å². The number of anilines is 1. The Morgan fingerprint density at radius 1 is 0.885 bits per heavy atom. The molecule has 0 aliphatic rings. The molecule has 0 radical (unpaired) electrons. The molecular formula is C19H17N3O4. The minimum Gasteiger partial charge on any atom is -0.451 e. The molecular weight excluding hydrogens is 334 g/mol. The summed E-state index contributed by atoms with van der Waals surface area (Å²) in [6, 6.07) is 13.6. The summed E-state index contributed by atoms with van der Waals surface area (Å²) < 4.78 is 5.55. The molecule has 3 N–H and O–H groups in total. The third-order valence-electron chi connectivity index (χ3n) is 3.81. The number of amides is 3. The van der Waals surface area contributed by atoms with Crippen molar-refractivity contribution >= 4 is 34.4 Å². The third kappa shape index (κ3) is 3.56. The van der Waals surface area contributed by atoms with E-state index in [1.807, 2.05) is 18.2 Å². The molecule has 2 aromatic carbocycles. The van der Waals surface area contributed by atoms with E-state index in [9.17, 15) is 14.4 Å². The second-order valence-corrected chi connectivity index (χ2v) is 5.72. The van der Waals surface area contributed by atoms with Gasteiger partial charge in [-0.2, -0.15) is 0 Å². The van der Waals surface area contributed by atoms with Gasteiger partial charge in [0.2, 0.25) is 5.91 Å². The summed E-state index contributed by atoms with van der Waals surface area (Å²) >= 11 is 0. The number of nitrogens with one attached hydrogen (secondary N) is 3. The maximum atomic E-state index is 12.3. The molecule has 0 saturated heterocycles. The van der Waals surface area contributed by atoms with Gasteiger partial charge in [-0.1, -0.05) is 18.2 Å². The van der Waals surface area contributed by atoms with E-state index in [2.05, 4.69) is 16.2 Å². The second kappa shape index (κ2) is 7.10. The van der Waals surface area contributed by atoms with Crippen LogP contribution < -0.4 is 16.2 Å². The molecule has 0 saturated carbocycles. The molecule has 7 nitrogen and oxygen atoms in total. The number of furan rings is 1. The topological polar surface area (TPSA) is 100 Å². The van der Waals surface area contributed by atoms with E-state index in [-0.39, 0.29) is 11.7 Å². The summed E-state index contributed by atoms with van der Waals surface area (Å²) in [5.74, 6) is -1.08. The molecule has 7 heteroatoms. The molecule has 3 aromatic rings. The summed E-state index contributed by atoms with van der Waals surface area (Å²) in [5.41, 5.74) is 6.91. The zero-order valence-corrected chi connectivity index (χ0v) is 14.3. The molecule has 26 heavy (non-hydrogen) atoms. The van der Waals surface area contributed by atoms with Crippen LogP contribution in [0.1, 0.15) is 33.4 Å². The third-order valence-corrected chi connectivity index (χ3v) is 3.81. The highest BCUT2D eigenvalue weighted by Gasteiger charge is 2.18. The van der Waals surface area contributed by atoms with Crippen LogP contribution in [0.3, 0.4) is 0 Å². The second-order valence-electron chi connectivity index (χ2n) is 5.72. The SMILES string of the molecule is CC(=O)Nc1ccc(C(=O)NNC(=O)c2oc3ccccc3c2C)cc1. The number of hydrogen-bond donors (Lipinski definition) is 3. The van der Waals surface area contributed by atoms with Gasteiger partial charge in [-0.05, 0) is 37.3 Å². The fraction of sp³-hybridized carbons (Fsp3) is 0.105. The van der Waals surface area contributed by atoms with Crippen molar-refractivity contribution < 1.29 is 18.8 Å². The average Bonchev–Trinajstić information content (AvgIpc) is 2.97. The van der Waals surface area contributed by atoms with Gasteiger partial charge in [0, 0.05) is 29.1 Å². The Bertz CT molecular complexity index is 990. The van der Waals surface area contributed by atoms with E-state index in [1.54, 1.807) is 37.3 Å². The number of fused-ring (bicyclic) bond motifs is 1. The van der Waals surface area contributed by atoms with Gasteiger partial charge in [0.1, 0.15) is 5.58 Å². The van der Waals surface area contributed by atoms with Crippen LogP contribution in [-0.2, 0) is 4.79 Å². The van der Waals surface area contributed by atoms with Gasteiger partial charge in [0.25, 0.3) is 5.91 Å². The monoisotopic (exact) mass is 351 g/mol. The average molecular weight is 351 g/mol.